The molecule has 22 heavy (non-hydrogen) atoms. The van der Waals surface area contributed by atoms with Gasteiger partial charge >= 0.3 is 0 Å². The summed E-state index contributed by atoms with van der Waals surface area (Å²) in [6, 6.07) is 15.2. The van der Waals surface area contributed by atoms with Crippen molar-refractivity contribution in [1.82, 2.24) is 9.97 Å². The SMILES string of the molecule is COc1ccc(Nc2ncc(-c3ccc(Cl)cc3)cn2)cc1. The molecule has 0 unspecified atom stereocenters. The van der Waals surface area contributed by atoms with Gasteiger partial charge in [-0.25, -0.2) is 9.97 Å². The first-order valence-corrected chi connectivity index (χ1v) is 7.11. The van der Waals surface area contributed by atoms with Crippen molar-refractivity contribution >= 4 is 23.2 Å². The van der Waals surface area contributed by atoms with Gasteiger partial charge in [0, 0.05) is 28.7 Å². The molecule has 110 valence electrons. The highest BCUT2D eigenvalue weighted by Gasteiger charge is 2.02. The number of hydrogen-bond donors (Lipinski definition) is 1. The lowest BCUT2D eigenvalue weighted by atomic mass is 10.1. The van der Waals surface area contributed by atoms with E-state index < -0.39 is 0 Å². The Bertz CT molecular complexity index is 740. The van der Waals surface area contributed by atoms with Crippen LogP contribution in [0.2, 0.25) is 5.02 Å². The third kappa shape index (κ3) is 3.35. The number of nitrogens with one attached hydrogen (secondary N) is 1. The number of benzene rings is 2. The molecule has 5 heteroatoms. The van der Waals surface area contributed by atoms with Gasteiger partial charge in [-0.2, -0.15) is 0 Å². The van der Waals surface area contributed by atoms with Crippen molar-refractivity contribution < 1.29 is 4.74 Å². The average Bonchev–Trinajstić information content (AvgIpc) is 2.57. The Morgan fingerprint density at radius 2 is 1.50 bits per heavy atom. The lowest BCUT2D eigenvalue weighted by Gasteiger charge is -2.07. The van der Waals surface area contributed by atoms with Crippen LogP contribution in [-0.2, 0) is 0 Å². The molecule has 0 saturated carbocycles. The molecule has 0 bridgehead atoms. The summed E-state index contributed by atoms with van der Waals surface area (Å²) in [7, 11) is 1.64. The van der Waals surface area contributed by atoms with E-state index in [-0.39, 0.29) is 0 Å². The summed E-state index contributed by atoms with van der Waals surface area (Å²) < 4.78 is 5.12. The maximum absolute atomic E-state index is 5.89. The topological polar surface area (TPSA) is 47.0 Å². The normalized spacial score (nSPS) is 10.3. The fourth-order valence-corrected chi connectivity index (χ4v) is 2.11. The Balaban J connectivity index is 1.74. The van der Waals surface area contributed by atoms with E-state index in [4.69, 9.17) is 16.3 Å². The second-order valence-electron chi connectivity index (χ2n) is 4.66. The molecular weight excluding hydrogens is 298 g/mol. The smallest absolute Gasteiger partial charge is 0.227 e. The van der Waals surface area contributed by atoms with E-state index in [1.54, 1.807) is 19.5 Å². The molecule has 0 aliphatic carbocycles. The molecule has 3 rings (SSSR count). The van der Waals surface area contributed by atoms with Gasteiger partial charge in [0.05, 0.1) is 7.11 Å². The van der Waals surface area contributed by atoms with E-state index in [9.17, 15) is 0 Å². The molecule has 0 amide bonds. The Hall–Kier alpha value is -2.59. The molecule has 2 aromatic carbocycles. The Morgan fingerprint density at radius 3 is 2.09 bits per heavy atom. The molecule has 0 spiro atoms. The highest BCUT2D eigenvalue weighted by Crippen LogP contribution is 2.22. The molecule has 0 fully saturated rings. The molecule has 0 atom stereocenters. The molecule has 0 aliphatic rings. The van der Waals surface area contributed by atoms with Crippen LogP contribution in [0.25, 0.3) is 11.1 Å². The zero-order chi connectivity index (χ0) is 15.4. The van der Waals surface area contributed by atoms with Crippen LogP contribution in [0.3, 0.4) is 0 Å². The molecule has 1 N–H and O–H groups in total. The van der Waals surface area contributed by atoms with Crippen LogP contribution < -0.4 is 10.1 Å². The first kappa shape index (κ1) is 14.4. The third-order valence-corrected chi connectivity index (χ3v) is 3.43. The first-order chi connectivity index (χ1) is 10.7. The number of rotatable bonds is 4. The van der Waals surface area contributed by atoms with Crippen LogP contribution in [0, 0.1) is 0 Å². The van der Waals surface area contributed by atoms with Crippen LogP contribution >= 0.6 is 11.6 Å². The van der Waals surface area contributed by atoms with Crippen molar-refractivity contribution in [2.24, 2.45) is 0 Å². The Kier molecular flexibility index (Phi) is 4.21. The fraction of sp³-hybridized carbons (Fsp3) is 0.0588. The average molecular weight is 312 g/mol. The molecule has 0 aliphatic heterocycles. The molecule has 1 heterocycles. The summed E-state index contributed by atoms with van der Waals surface area (Å²) in [6.07, 6.45) is 3.56. The van der Waals surface area contributed by atoms with Crippen molar-refractivity contribution in [3.63, 3.8) is 0 Å². The minimum atomic E-state index is 0.544. The summed E-state index contributed by atoms with van der Waals surface area (Å²) in [6.45, 7) is 0. The first-order valence-electron chi connectivity index (χ1n) is 6.74. The van der Waals surface area contributed by atoms with Crippen molar-refractivity contribution in [2.45, 2.75) is 0 Å². The van der Waals surface area contributed by atoms with Gasteiger partial charge in [-0.1, -0.05) is 23.7 Å². The van der Waals surface area contributed by atoms with Gasteiger partial charge in [0.15, 0.2) is 0 Å². The highest BCUT2D eigenvalue weighted by atomic mass is 35.5. The quantitative estimate of drug-likeness (QED) is 0.768. The van der Waals surface area contributed by atoms with E-state index in [1.165, 1.54) is 0 Å². The van der Waals surface area contributed by atoms with Gasteiger partial charge < -0.3 is 10.1 Å². The van der Waals surface area contributed by atoms with Gasteiger partial charge in [-0.15, -0.1) is 0 Å². The highest BCUT2D eigenvalue weighted by molar-refractivity contribution is 6.30. The maximum atomic E-state index is 5.89. The van der Waals surface area contributed by atoms with Crippen LogP contribution in [0.1, 0.15) is 0 Å². The van der Waals surface area contributed by atoms with E-state index in [2.05, 4.69) is 15.3 Å². The second-order valence-corrected chi connectivity index (χ2v) is 5.09. The zero-order valence-corrected chi connectivity index (χ0v) is 12.7. The van der Waals surface area contributed by atoms with Crippen molar-refractivity contribution in [3.8, 4) is 16.9 Å². The third-order valence-electron chi connectivity index (χ3n) is 3.18. The standard InChI is InChI=1S/C17H14ClN3O/c1-22-16-8-6-15(7-9-16)21-17-19-10-13(11-20-17)12-2-4-14(18)5-3-12/h2-11H,1H3,(H,19,20,21). The van der Waals surface area contributed by atoms with E-state index in [1.807, 2.05) is 48.5 Å². The Morgan fingerprint density at radius 1 is 0.864 bits per heavy atom. The second kappa shape index (κ2) is 6.45. The van der Waals surface area contributed by atoms with E-state index >= 15 is 0 Å². The van der Waals surface area contributed by atoms with Crippen molar-refractivity contribution in [1.29, 1.82) is 0 Å². The number of aromatic nitrogens is 2. The predicted octanol–water partition coefficient (Wildman–Crippen LogP) is 4.55. The summed E-state index contributed by atoms with van der Waals surface area (Å²) in [5.74, 6) is 1.35. The maximum Gasteiger partial charge on any atom is 0.227 e. The van der Waals surface area contributed by atoms with Gasteiger partial charge in [-0.3, -0.25) is 0 Å². The van der Waals surface area contributed by atoms with Crippen molar-refractivity contribution in [3.05, 3.63) is 65.9 Å². The monoisotopic (exact) mass is 311 g/mol. The number of hydrogen-bond acceptors (Lipinski definition) is 4. The summed E-state index contributed by atoms with van der Waals surface area (Å²) in [4.78, 5) is 8.66. The summed E-state index contributed by atoms with van der Waals surface area (Å²) in [5.41, 5.74) is 2.87. The predicted molar refractivity (Wildman–Crippen MR) is 88.8 cm³/mol. The largest absolute Gasteiger partial charge is 0.497 e. The van der Waals surface area contributed by atoms with Crippen LogP contribution in [-0.4, -0.2) is 17.1 Å². The zero-order valence-electron chi connectivity index (χ0n) is 12.0. The molecular formula is C17H14ClN3O. The molecule has 0 saturated heterocycles. The number of halogens is 1. The lowest BCUT2D eigenvalue weighted by Crippen LogP contribution is -1.96. The number of methoxy groups -OCH3 is 1. The van der Waals surface area contributed by atoms with Crippen LogP contribution in [0.15, 0.2) is 60.9 Å². The molecule has 4 nitrogen and oxygen atoms in total. The molecule has 1 aromatic heterocycles. The fourth-order valence-electron chi connectivity index (χ4n) is 1.99. The van der Waals surface area contributed by atoms with Gasteiger partial charge in [0.25, 0.3) is 0 Å². The number of anilines is 2. The molecule has 3 aromatic rings. The van der Waals surface area contributed by atoms with E-state index in [0.29, 0.717) is 11.0 Å². The Labute approximate surface area is 133 Å². The minimum Gasteiger partial charge on any atom is -0.497 e. The lowest BCUT2D eigenvalue weighted by molar-refractivity contribution is 0.415. The van der Waals surface area contributed by atoms with Crippen molar-refractivity contribution in [2.75, 3.05) is 12.4 Å². The van der Waals surface area contributed by atoms with Gasteiger partial charge in [0.2, 0.25) is 5.95 Å². The van der Waals surface area contributed by atoms with Crippen LogP contribution in [0.5, 0.6) is 5.75 Å². The van der Waals surface area contributed by atoms with Gasteiger partial charge in [-0.05, 0) is 42.0 Å². The number of ether oxygens (including phenoxy) is 1. The number of nitrogens with zero attached hydrogens (tertiary/aromatic N) is 2. The summed E-state index contributed by atoms with van der Waals surface area (Å²) >= 11 is 5.89. The summed E-state index contributed by atoms with van der Waals surface area (Å²) in [5, 5.41) is 3.85. The van der Waals surface area contributed by atoms with Crippen LogP contribution in [0.4, 0.5) is 11.6 Å². The van der Waals surface area contributed by atoms with E-state index in [0.717, 1.165) is 22.6 Å². The minimum absolute atomic E-state index is 0.544. The molecule has 0 radical (unpaired) electrons. The van der Waals surface area contributed by atoms with Gasteiger partial charge in [0.1, 0.15) is 5.75 Å².